The second kappa shape index (κ2) is 7.93. The molecule has 1 unspecified atom stereocenters. The third-order valence-electron chi connectivity index (χ3n) is 3.92. The lowest BCUT2D eigenvalue weighted by Gasteiger charge is -2.35. The first-order valence-electron chi connectivity index (χ1n) is 7.80. The van der Waals surface area contributed by atoms with E-state index in [1.54, 1.807) is 0 Å². The normalized spacial score (nSPS) is 17.2. The van der Waals surface area contributed by atoms with Crippen molar-refractivity contribution in [3.05, 3.63) is 33.8 Å². The quantitative estimate of drug-likeness (QED) is 0.766. The molecule has 1 aromatic carbocycles. The largest absolute Gasteiger partial charge is 0.480 e. The van der Waals surface area contributed by atoms with Crippen molar-refractivity contribution in [3.63, 3.8) is 0 Å². The molecule has 0 aromatic heterocycles. The highest BCUT2D eigenvalue weighted by Gasteiger charge is 2.34. The fourth-order valence-corrected chi connectivity index (χ4v) is 3.32. The summed E-state index contributed by atoms with van der Waals surface area (Å²) in [7, 11) is 0. The van der Waals surface area contributed by atoms with Crippen LogP contribution in [0.5, 0.6) is 0 Å². The Morgan fingerprint density at radius 2 is 2.17 bits per heavy atom. The van der Waals surface area contributed by atoms with Gasteiger partial charge in [0.15, 0.2) is 0 Å². The number of nitrogens with zero attached hydrogens (tertiary/aromatic N) is 1. The lowest BCUT2D eigenvalue weighted by molar-refractivity contribution is -0.151. The summed E-state index contributed by atoms with van der Waals surface area (Å²) in [5.74, 6) is -1.09. The maximum atomic E-state index is 12.4. The van der Waals surface area contributed by atoms with Crippen LogP contribution in [-0.4, -0.2) is 40.6 Å². The van der Waals surface area contributed by atoms with Crippen LogP contribution >= 0.6 is 15.9 Å². The standard InChI is InChI=1S/C17H22BrNO4/c1-11(2)23-8-4-7-16(20)19-10-12-5-3-6-14(18)13(12)9-15(19)17(21)22/h3,5-6,11,15H,4,7-10H2,1-2H3,(H,21,22). The molecule has 0 fully saturated rings. The van der Waals surface area contributed by atoms with Crippen LogP contribution in [0.2, 0.25) is 0 Å². The van der Waals surface area contributed by atoms with Crippen LogP contribution in [0.4, 0.5) is 0 Å². The highest BCUT2D eigenvalue weighted by molar-refractivity contribution is 9.10. The van der Waals surface area contributed by atoms with Gasteiger partial charge in [-0.3, -0.25) is 4.79 Å². The van der Waals surface area contributed by atoms with Gasteiger partial charge in [0, 0.05) is 30.5 Å². The number of hydrogen-bond acceptors (Lipinski definition) is 3. The fourth-order valence-electron chi connectivity index (χ4n) is 2.75. The fraction of sp³-hybridized carbons (Fsp3) is 0.529. The van der Waals surface area contributed by atoms with Crippen LogP contribution in [0.3, 0.4) is 0 Å². The van der Waals surface area contributed by atoms with Crippen LogP contribution in [0.25, 0.3) is 0 Å². The predicted molar refractivity (Wildman–Crippen MR) is 90.1 cm³/mol. The second-order valence-electron chi connectivity index (χ2n) is 5.98. The molecule has 0 saturated heterocycles. The average molecular weight is 384 g/mol. The van der Waals surface area contributed by atoms with Crippen molar-refractivity contribution in [2.45, 2.75) is 51.8 Å². The van der Waals surface area contributed by atoms with E-state index in [-0.39, 0.29) is 12.0 Å². The smallest absolute Gasteiger partial charge is 0.326 e. The zero-order valence-electron chi connectivity index (χ0n) is 13.4. The minimum absolute atomic E-state index is 0.129. The molecule has 1 N–H and O–H groups in total. The Morgan fingerprint density at radius 1 is 1.43 bits per heavy atom. The number of aliphatic carboxylic acids is 1. The molecule has 1 amide bonds. The summed E-state index contributed by atoms with van der Waals surface area (Å²) < 4.78 is 6.33. The van der Waals surface area contributed by atoms with Crippen molar-refractivity contribution < 1.29 is 19.4 Å². The maximum Gasteiger partial charge on any atom is 0.326 e. The average Bonchev–Trinajstić information content (AvgIpc) is 2.50. The molecular weight excluding hydrogens is 362 g/mol. The summed E-state index contributed by atoms with van der Waals surface area (Å²) in [6, 6.07) is 4.95. The third kappa shape index (κ3) is 4.54. The number of ether oxygens (including phenoxy) is 1. The van der Waals surface area contributed by atoms with Crippen LogP contribution in [0.15, 0.2) is 22.7 Å². The van der Waals surface area contributed by atoms with Gasteiger partial charge < -0.3 is 14.7 Å². The number of carboxylic acids is 1. The summed E-state index contributed by atoms with van der Waals surface area (Å²) >= 11 is 3.47. The Labute approximate surface area is 144 Å². The Kier molecular flexibility index (Phi) is 6.18. The van der Waals surface area contributed by atoms with Crippen LogP contribution in [-0.2, 0) is 27.3 Å². The minimum Gasteiger partial charge on any atom is -0.480 e. The zero-order chi connectivity index (χ0) is 17.0. The molecule has 1 aromatic rings. The zero-order valence-corrected chi connectivity index (χ0v) is 15.0. The first-order valence-corrected chi connectivity index (χ1v) is 8.59. The number of amides is 1. The number of rotatable bonds is 6. The van der Waals surface area contributed by atoms with E-state index in [4.69, 9.17) is 4.74 Å². The van der Waals surface area contributed by atoms with E-state index in [2.05, 4.69) is 15.9 Å². The van der Waals surface area contributed by atoms with Gasteiger partial charge >= 0.3 is 5.97 Å². The number of carbonyl (C=O) groups excluding carboxylic acids is 1. The van der Waals surface area contributed by atoms with Gasteiger partial charge in [-0.1, -0.05) is 28.1 Å². The maximum absolute atomic E-state index is 12.4. The molecule has 23 heavy (non-hydrogen) atoms. The third-order valence-corrected chi connectivity index (χ3v) is 4.66. The molecule has 2 rings (SSSR count). The van der Waals surface area contributed by atoms with E-state index in [9.17, 15) is 14.7 Å². The Hall–Kier alpha value is -1.40. The van der Waals surface area contributed by atoms with E-state index in [1.165, 1.54) is 4.90 Å². The van der Waals surface area contributed by atoms with Gasteiger partial charge in [-0.25, -0.2) is 4.79 Å². The number of fused-ring (bicyclic) bond motifs is 1. The second-order valence-corrected chi connectivity index (χ2v) is 6.83. The molecule has 6 heteroatoms. The van der Waals surface area contributed by atoms with Gasteiger partial charge in [0.1, 0.15) is 6.04 Å². The Bertz CT molecular complexity index is 588. The summed E-state index contributed by atoms with van der Waals surface area (Å²) in [6.07, 6.45) is 1.38. The van der Waals surface area contributed by atoms with Crippen LogP contribution < -0.4 is 0 Å². The van der Waals surface area contributed by atoms with Crippen molar-refractivity contribution in [2.24, 2.45) is 0 Å². The van der Waals surface area contributed by atoms with Crippen LogP contribution in [0.1, 0.15) is 37.8 Å². The highest BCUT2D eigenvalue weighted by atomic mass is 79.9. The van der Waals surface area contributed by atoms with Gasteiger partial charge in [-0.05, 0) is 37.5 Å². The number of halogens is 1. The molecular formula is C17H22BrNO4. The van der Waals surface area contributed by atoms with Crippen molar-refractivity contribution in [1.82, 2.24) is 4.90 Å². The predicted octanol–water partition coefficient (Wildman–Crippen LogP) is 2.99. The van der Waals surface area contributed by atoms with E-state index >= 15 is 0 Å². The highest BCUT2D eigenvalue weighted by Crippen LogP contribution is 2.30. The molecule has 1 atom stereocenters. The minimum atomic E-state index is -0.960. The molecule has 1 aliphatic rings. The SMILES string of the molecule is CC(C)OCCCC(=O)N1Cc2cccc(Br)c2CC1C(=O)O. The van der Waals surface area contributed by atoms with Gasteiger partial charge in [0.2, 0.25) is 5.91 Å². The van der Waals surface area contributed by atoms with Crippen molar-refractivity contribution in [1.29, 1.82) is 0 Å². The van der Waals surface area contributed by atoms with Crippen molar-refractivity contribution >= 4 is 27.8 Å². The molecule has 0 bridgehead atoms. The lowest BCUT2D eigenvalue weighted by Crippen LogP contribution is -2.48. The molecule has 0 saturated carbocycles. The summed E-state index contributed by atoms with van der Waals surface area (Å²) in [5.41, 5.74) is 1.98. The van der Waals surface area contributed by atoms with Gasteiger partial charge in [0.05, 0.1) is 6.10 Å². The van der Waals surface area contributed by atoms with Crippen LogP contribution in [0, 0.1) is 0 Å². The monoisotopic (exact) mass is 383 g/mol. The Balaban J connectivity index is 2.07. The topological polar surface area (TPSA) is 66.8 Å². The molecule has 1 aliphatic heterocycles. The van der Waals surface area contributed by atoms with Crippen molar-refractivity contribution in [3.8, 4) is 0 Å². The molecule has 1 heterocycles. The van der Waals surface area contributed by atoms with Gasteiger partial charge in [-0.2, -0.15) is 0 Å². The number of benzene rings is 1. The van der Waals surface area contributed by atoms with E-state index < -0.39 is 12.0 Å². The summed E-state index contributed by atoms with van der Waals surface area (Å²) in [6.45, 7) is 4.75. The number of carboxylic acid groups (broad SMARTS) is 1. The summed E-state index contributed by atoms with van der Waals surface area (Å²) in [5, 5.41) is 9.48. The number of hydrogen-bond donors (Lipinski definition) is 1. The molecule has 126 valence electrons. The van der Waals surface area contributed by atoms with E-state index in [1.807, 2.05) is 32.0 Å². The van der Waals surface area contributed by atoms with E-state index in [0.29, 0.717) is 32.4 Å². The molecule has 0 spiro atoms. The first-order chi connectivity index (χ1) is 10.9. The molecule has 0 radical (unpaired) electrons. The number of carbonyl (C=O) groups is 2. The first kappa shape index (κ1) is 17.9. The Morgan fingerprint density at radius 3 is 2.83 bits per heavy atom. The van der Waals surface area contributed by atoms with Gasteiger partial charge in [0.25, 0.3) is 0 Å². The van der Waals surface area contributed by atoms with Gasteiger partial charge in [-0.15, -0.1) is 0 Å². The molecule has 5 nitrogen and oxygen atoms in total. The summed E-state index contributed by atoms with van der Waals surface area (Å²) in [4.78, 5) is 25.5. The molecule has 0 aliphatic carbocycles. The lowest BCUT2D eigenvalue weighted by atomic mass is 9.93. The van der Waals surface area contributed by atoms with E-state index in [0.717, 1.165) is 15.6 Å². The van der Waals surface area contributed by atoms with Crippen molar-refractivity contribution in [2.75, 3.05) is 6.61 Å².